The Morgan fingerprint density at radius 2 is 2.17 bits per heavy atom. The van der Waals surface area contributed by atoms with Crippen LogP contribution in [0.2, 0.25) is 0 Å². The van der Waals surface area contributed by atoms with Gasteiger partial charge in [-0.15, -0.1) is 0 Å². The SMILES string of the molecule is CCC(NCc1cc(C)no1)c1ccccc1F. The molecule has 2 rings (SSSR count). The normalized spacial score (nSPS) is 12.6. The van der Waals surface area contributed by atoms with Gasteiger partial charge in [0.2, 0.25) is 0 Å². The molecule has 96 valence electrons. The Balaban J connectivity index is 2.04. The van der Waals surface area contributed by atoms with E-state index < -0.39 is 0 Å². The van der Waals surface area contributed by atoms with Gasteiger partial charge < -0.3 is 9.84 Å². The smallest absolute Gasteiger partial charge is 0.150 e. The Labute approximate surface area is 106 Å². The fraction of sp³-hybridized carbons (Fsp3) is 0.357. The molecule has 0 aliphatic carbocycles. The van der Waals surface area contributed by atoms with Crippen LogP contribution < -0.4 is 5.32 Å². The lowest BCUT2D eigenvalue weighted by molar-refractivity contribution is 0.357. The summed E-state index contributed by atoms with van der Waals surface area (Å²) in [4.78, 5) is 0. The number of nitrogens with zero attached hydrogens (tertiary/aromatic N) is 1. The number of benzene rings is 1. The van der Waals surface area contributed by atoms with Crippen LogP contribution in [-0.4, -0.2) is 5.16 Å². The third-order valence-corrected chi connectivity index (χ3v) is 2.89. The van der Waals surface area contributed by atoms with Crippen LogP contribution in [0.5, 0.6) is 0 Å². The largest absolute Gasteiger partial charge is 0.360 e. The molecule has 0 amide bonds. The van der Waals surface area contributed by atoms with Crippen molar-refractivity contribution in [2.24, 2.45) is 0 Å². The summed E-state index contributed by atoms with van der Waals surface area (Å²) >= 11 is 0. The van der Waals surface area contributed by atoms with Gasteiger partial charge in [-0.25, -0.2) is 4.39 Å². The maximum atomic E-state index is 13.7. The van der Waals surface area contributed by atoms with Crippen LogP contribution in [0, 0.1) is 12.7 Å². The van der Waals surface area contributed by atoms with Crippen LogP contribution >= 0.6 is 0 Å². The summed E-state index contributed by atoms with van der Waals surface area (Å²) in [7, 11) is 0. The number of hydrogen-bond donors (Lipinski definition) is 1. The highest BCUT2D eigenvalue weighted by atomic mass is 19.1. The second-order valence-electron chi connectivity index (χ2n) is 4.30. The Hall–Kier alpha value is -1.68. The minimum atomic E-state index is -0.175. The summed E-state index contributed by atoms with van der Waals surface area (Å²) in [6, 6.07) is 8.70. The zero-order valence-electron chi connectivity index (χ0n) is 10.6. The molecule has 2 aromatic rings. The monoisotopic (exact) mass is 248 g/mol. The zero-order valence-corrected chi connectivity index (χ0v) is 10.6. The van der Waals surface area contributed by atoms with Crippen LogP contribution in [-0.2, 0) is 6.54 Å². The van der Waals surface area contributed by atoms with Gasteiger partial charge in [0.05, 0.1) is 12.2 Å². The molecule has 0 fully saturated rings. The highest BCUT2D eigenvalue weighted by Gasteiger charge is 2.13. The van der Waals surface area contributed by atoms with Crippen LogP contribution in [0.4, 0.5) is 4.39 Å². The van der Waals surface area contributed by atoms with Crippen molar-refractivity contribution in [2.75, 3.05) is 0 Å². The summed E-state index contributed by atoms with van der Waals surface area (Å²) in [5.74, 6) is 0.591. The van der Waals surface area contributed by atoms with E-state index >= 15 is 0 Å². The summed E-state index contributed by atoms with van der Waals surface area (Å²) in [5, 5.41) is 7.10. The summed E-state index contributed by atoms with van der Waals surface area (Å²) < 4.78 is 18.8. The number of nitrogens with one attached hydrogen (secondary N) is 1. The van der Waals surface area contributed by atoms with E-state index in [1.54, 1.807) is 6.07 Å². The maximum Gasteiger partial charge on any atom is 0.150 e. The van der Waals surface area contributed by atoms with E-state index in [1.807, 2.05) is 32.0 Å². The predicted octanol–water partition coefficient (Wildman–Crippen LogP) is 3.36. The molecule has 0 aliphatic heterocycles. The van der Waals surface area contributed by atoms with Crippen molar-refractivity contribution in [1.29, 1.82) is 0 Å². The van der Waals surface area contributed by atoms with Gasteiger partial charge in [-0.05, 0) is 19.4 Å². The van der Waals surface area contributed by atoms with E-state index in [-0.39, 0.29) is 11.9 Å². The van der Waals surface area contributed by atoms with Crippen molar-refractivity contribution in [1.82, 2.24) is 10.5 Å². The Morgan fingerprint density at radius 3 is 2.78 bits per heavy atom. The lowest BCUT2D eigenvalue weighted by Gasteiger charge is -2.17. The van der Waals surface area contributed by atoms with Crippen LogP contribution in [0.15, 0.2) is 34.9 Å². The molecule has 0 spiro atoms. The summed E-state index contributed by atoms with van der Waals surface area (Å²) in [6.45, 7) is 4.45. The van der Waals surface area contributed by atoms with E-state index in [1.165, 1.54) is 6.07 Å². The molecule has 0 saturated carbocycles. The van der Waals surface area contributed by atoms with Crippen LogP contribution in [0.25, 0.3) is 0 Å². The Kier molecular flexibility index (Phi) is 4.10. The molecule has 4 heteroatoms. The average molecular weight is 248 g/mol. The molecule has 1 unspecified atom stereocenters. The van der Waals surface area contributed by atoms with Crippen molar-refractivity contribution in [3.8, 4) is 0 Å². The molecule has 0 bridgehead atoms. The van der Waals surface area contributed by atoms with Gasteiger partial charge >= 0.3 is 0 Å². The zero-order chi connectivity index (χ0) is 13.0. The fourth-order valence-corrected chi connectivity index (χ4v) is 1.96. The first-order valence-electron chi connectivity index (χ1n) is 6.10. The molecular weight excluding hydrogens is 231 g/mol. The maximum absolute atomic E-state index is 13.7. The quantitative estimate of drug-likeness (QED) is 0.881. The van der Waals surface area contributed by atoms with E-state index in [2.05, 4.69) is 10.5 Å². The molecule has 0 radical (unpaired) electrons. The molecule has 0 aliphatic rings. The lowest BCUT2D eigenvalue weighted by Crippen LogP contribution is -2.21. The van der Waals surface area contributed by atoms with E-state index in [4.69, 9.17) is 4.52 Å². The minimum Gasteiger partial charge on any atom is -0.360 e. The second-order valence-corrected chi connectivity index (χ2v) is 4.30. The first kappa shape index (κ1) is 12.8. The van der Waals surface area contributed by atoms with E-state index in [9.17, 15) is 4.39 Å². The van der Waals surface area contributed by atoms with Crippen molar-refractivity contribution in [3.63, 3.8) is 0 Å². The molecule has 1 aromatic carbocycles. The molecule has 3 nitrogen and oxygen atoms in total. The third kappa shape index (κ3) is 2.96. The number of aromatic nitrogens is 1. The second kappa shape index (κ2) is 5.78. The fourth-order valence-electron chi connectivity index (χ4n) is 1.96. The van der Waals surface area contributed by atoms with Crippen molar-refractivity contribution >= 4 is 0 Å². The van der Waals surface area contributed by atoms with Gasteiger partial charge in [0, 0.05) is 17.7 Å². The molecule has 18 heavy (non-hydrogen) atoms. The predicted molar refractivity (Wildman–Crippen MR) is 67.5 cm³/mol. The van der Waals surface area contributed by atoms with Gasteiger partial charge in [0.15, 0.2) is 5.76 Å². The minimum absolute atomic E-state index is 0.0170. The average Bonchev–Trinajstić information content (AvgIpc) is 2.78. The van der Waals surface area contributed by atoms with Crippen molar-refractivity contribution in [2.45, 2.75) is 32.9 Å². The van der Waals surface area contributed by atoms with E-state index in [0.717, 1.165) is 17.9 Å². The molecule has 1 N–H and O–H groups in total. The molecule has 1 atom stereocenters. The highest BCUT2D eigenvalue weighted by Crippen LogP contribution is 2.20. The first-order valence-corrected chi connectivity index (χ1v) is 6.10. The molecule has 1 heterocycles. The van der Waals surface area contributed by atoms with Gasteiger partial charge in [-0.1, -0.05) is 30.3 Å². The van der Waals surface area contributed by atoms with Crippen LogP contribution in [0.1, 0.15) is 36.4 Å². The topological polar surface area (TPSA) is 38.1 Å². The number of halogens is 1. The number of aryl methyl sites for hydroxylation is 1. The molecule has 1 aromatic heterocycles. The van der Waals surface area contributed by atoms with Gasteiger partial charge in [0.1, 0.15) is 5.82 Å². The van der Waals surface area contributed by atoms with Gasteiger partial charge in [0.25, 0.3) is 0 Å². The molecule has 0 saturated heterocycles. The van der Waals surface area contributed by atoms with E-state index in [0.29, 0.717) is 12.1 Å². The van der Waals surface area contributed by atoms with Gasteiger partial charge in [-0.3, -0.25) is 0 Å². The summed E-state index contributed by atoms with van der Waals surface area (Å²) in [5.41, 5.74) is 1.54. The lowest BCUT2D eigenvalue weighted by atomic mass is 10.0. The Bertz CT molecular complexity index is 510. The number of rotatable bonds is 5. The number of hydrogen-bond acceptors (Lipinski definition) is 3. The van der Waals surface area contributed by atoms with Crippen LogP contribution in [0.3, 0.4) is 0 Å². The first-order chi connectivity index (χ1) is 8.70. The van der Waals surface area contributed by atoms with Crippen molar-refractivity contribution < 1.29 is 8.91 Å². The van der Waals surface area contributed by atoms with Crippen molar-refractivity contribution in [3.05, 3.63) is 53.2 Å². The standard InChI is InChI=1S/C14H17FN2O/c1-3-14(12-6-4-5-7-13(12)15)16-9-11-8-10(2)17-18-11/h4-8,14,16H,3,9H2,1-2H3. The molecular formula is C14H17FN2O. The third-order valence-electron chi connectivity index (χ3n) is 2.89. The highest BCUT2D eigenvalue weighted by molar-refractivity contribution is 5.21. The Morgan fingerprint density at radius 1 is 1.39 bits per heavy atom. The van der Waals surface area contributed by atoms with Gasteiger partial charge in [-0.2, -0.15) is 0 Å². The summed E-state index contributed by atoms with van der Waals surface area (Å²) in [6.07, 6.45) is 0.814.